The molecule has 4 heterocycles. The van der Waals surface area contributed by atoms with E-state index in [1.807, 2.05) is 31.2 Å². The number of nitrogens with one attached hydrogen (secondary N) is 1. The third-order valence-electron chi connectivity index (χ3n) is 5.89. The number of ether oxygens (including phenoxy) is 3. The van der Waals surface area contributed by atoms with Crippen LogP contribution in [0.4, 0.5) is 11.6 Å². The second kappa shape index (κ2) is 10.8. The van der Waals surface area contributed by atoms with Gasteiger partial charge in [-0.2, -0.15) is 15.1 Å². The van der Waals surface area contributed by atoms with Crippen LogP contribution in [0, 0.1) is 6.92 Å². The first kappa shape index (κ1) is 22.6. The third kappa shape index (κ3) is 5.64. The summed E-state index contributed by atoms with van der Waals surface area (Å²) >= 11 is 0. The number of aromatic nitrogens is 2. The van der Waals surface area contributed by atoms with Crippen LogP contribution in [0.1, 0.15) is 5.56 Å². The Balaban J connectivity index is 1.37. The van der Waals surface area contributed by atoms with E-state index >= 15 is 0 Å². The first-order valence-corrected chi connectivity index (χ1v) is 11.7. The minimum atomic E-state index is 0.332. The molecule has 1 N–H and O–H groups in total. The Morgan fingerprint density at radius 3 is 2.62 bits per heavy atom. The molecule has 2 aromatic heterocycles. The van der Waals surface area contributed by atoms with Crippen molar-refractivity contribution >= 4 is 22.6 Å². The molecule has 0 unspecified atom stereocenters. The van der Waals surface area contributed by atoms with Crippen molar-refractivity contribution < 1.29 is 18.6 Å². The number of benzene rings is 1. The maximum atomic E-state index is 5.96. The van der Waals surface area contributed by atoms with Crippen LogP contribution in [-0.4, -0.2) is 80.6 Å². The molecule has 10 heteroatoms. The second-order valence-corrected chi connectivity index (χ2v) is 8.32. The van der Waals surface area contributed by atoms with Crippen LogP contribution < -0.4 is 20.4 Å². The number of morpholine rings is 2. The monoisotopic (exact) mass is 466 g/mol. The van der Waals surface area contributed by atoms with Gasteiger partial charge >= 0.3 is 6.01 Å². The largest absolute Gasteiger partial charge is 0.464 e. The molecule has 2 aliphatic rings. The van der Waals surface area contributed by atoms with Gasteiger partial charge < -0.3 is 23.5 Å². The fraction of sp³-hybridized carbons (Fsp3) is 0.458. The lowest BCUT2D eigenvalue weighted by atomic mass is 10.1. The van der Waals surface area contributed by atoms with E-state index < -0.39 is 0 Å². The van der Waals surface area contributed by atoms with Gasteiger partial charge in [0.25, 0.3) is 0 Å². The van der Waals surface area contributed by atoms with E-state index in [4.69, 9.17) is 18.6 Å². The Morgan fingerprint density at radius 1 is 1.00 bits per heavy atom. The molecular formula is C24H30N6O4. The van der Waals surface area contributed by atoms with Crippen LogP contribution in [-0.2, 0) is 9.47 Å². The molecule has 0 bridgehead atoms. The van der Waals surface area contributed by atoms with Crippen molar-refractivity contribution in [2.45, 2.75) is 6.92 Å². The van der Waals surface area contributed by atoms with Crippen LogP contribution >= 0.6 is 0 Å². The van der Waals surface area contributed by atoms with Crippen molar-refractivity contribution in [1.29, 1.82) is 0 Å². The zero-order valence-corrected chi connectivity index (χ0v) is 19.4. The van der Waals surface area contributed by atoms with Crippen LogP contribution in [0.2, 0.25) is 0 Å². The van der Waals surface area contributed by atoms with Gasteiger partial charge in [0.1, 0.15) is 18.0 Å². The van der Waals surface area contributed by atoms with Gasteiger partial charge in [-0.05, 0) is 19.1 Å². The predicted octanol–water partition coefficient (Wildman–Crippen LogP) is 2.01. The molecule has 34 heavy (non-hydrogen) atoms. The van der Waals surface area contributed by atoms with E-state index in [9.17, 15) is 0 Å². The molecule has 0 saturated carbocycles. The number of anilines is 2. The number of aryl methyl sites for hydroxylation is 1. The molecule has 10 nitrogen and oxygen atoms in total. The molecule has 0 radical (unpaired) electrons. The Labute approximate surface area is 198 Å². The maximum Gasteiger partial charge on any atom is 0.320 e. The molecule has 180 valence electrons. The van der Waals surface area contributed by atoms with E-state index in [2.05, 4.69) is 36.4 Å². The van der Waals surface area contributed by atoms with Crippen molar-refractivity contribution in [1.82, 2.24) is 14.9 Å². The molecule has 2 aliphatic heterocycles. The first-order chi connectivity index (χ1) is 16.7. The average Bonchev–Trinajstić information content (AvgIpc) is 2.88. The highest BCUT2D eigenvalue weighted by Gasteiger charge is 2.16. The normalized spacial score (nSPS) is 17.8. The lowest BCUT2D eigenvalue weighted by Crippen LogP contribution is -2.39. The zero-order valence-electron chi connectivity index (χ0n) is 19.4. The summed E-state index contributed by atoms with van der Waals surface area (Å²) in [5.41, 5.74) is 5.01. The SMILES string of the molecule is Cc1ccc2occ/c(=N/Nc3cc(N4CCOCC4)nc(OCCN4CCOCC4)n3)c2c1. The van der Waals surface area contributed by atoms with Crippen molar-refractivity contribution in [3.63, 3.8) is 0 Å². The highest BCUT2D eigenvalue weighted by atomic mass is 16.5. The summed E-state index contributed by atoms with van der Waals surface area (Å²) in [6, 6.07) is 10.1. The minimum Gasteiger partial charge on any atom is -0.464 e. The number of nitrogens with zero attached hydrogens (tertiary/aromatic N) is 5. The van der Waals surface area contributed by atoms with Crippen molar-refractivity contribution in [2.24, 2.45) is 5.10 Å². The fourth-order valence-electron chi connectivity index (χ4n) is 4.00. The zero-order chi connectivity index (χ0) is 23.2. The van der Waals surface area contributed by atoms with Crippen molar-refractivity contribution in [2.75, 3.05) is 76.1 Å². The lowest BCUT2D eigenvalue weighted by Gasteiger charge is -2.28. The number of rotatable bonds is 7. The fourth-order valence-corrected chi connectivity index (χ4v) is 4.00. The van der Waals surface area contributed by atoms with Gasteiger partial charge in [0.15, 0.2) is 5.82 Å². The van der Waals surface area contributed by atoms with Gasteiger partial charge in [-0.15, -0.1) is 0 Å². The minimum absolute atomic E-state index is 0.332. The first-order valence-electron chi connectivity index (χ1n) is 11.7. The smallest absolute Gasteiger partial charge is 0.320 e. The quantitative estimate of drug-likeness (QED) is 0.524. The van der Waals surface area contributed by atoms with Crippen LogP contribution in [0.15, 0.2) is 46.1 Å². The molecule has 0 amide bonds. The Hall–Kier alpha value is -3.21. The lowest BCUT2D eigenvalue weighted by molar-refractivity contribution is 0.0317. The molecule has 0 atom stereocenters. The topological polar surface area (TPSA) is 97.5 Å². The molecule has 2 fully saturated rings. The summed E-state index contributed by atoms with van der Waals surface area (Å²) in [6.45, 7) is 9.60. The molecule has 5 rings (SSSR count). The van der Waals surface area contributed by atoms with Crippen LogP contribution in [0.3, 0.4) is 0 Å². The Kier molecular flexibility index (Phi) is 7.18. The number of fused-ring (bicyclic) bond motifs is 1. The maximum absolute atomic E-state index is 5.96. The van der Waals surface area contributed by atoms with Gasteiger partial charge in [-0.25, -0.2) is 0 Å². The Morgan fingerprint density at radius 2 is 1.79 bits per heavy atom. The third-order valence-corrected chi connectivity index (χ3v) is 5.89. The highest BCUT2D eigenvalue weighted by molar-refractivity contribution is 5.76. The van der Waals surface area contributed by atoms with Crippen molar-refractivity contribution in [3.8, 4) is 6.01 Å². The highest BCUT2D eigenvalue weighted by Crippen LogP contribution is 2.21. The van der Waals surface area contributed by atoms with E-state index in [0.717, 1.165) is 73.6 Å². The summed E-state index contributed by atoms with van der Waals surface area (Å²) in [5.74, 6) is 1.36. The van der Waals surface area contributed by atoms with Gasteiger partial charge in [-0.3, -0.25) is 10.3 Å². The molecule has 3 aromatic rings. The van der Waals surface area contributed by atoms with Gasteiger partial charge in [0, 0.05) is 50.2 Å². The van der Waals surface area contributed by atoms with Gasteiger partial charge in [-0.1, -0.05) is 11.6 Å². The average molecular weight is 467 g/mol. The second-order valence-electron chi connectivity index (χ2n) is 8.32. The van der Waals surface area contributed by atoms with Crippen LogP contribution in [0.5, 0.6) is 6.01 Å². The predicted molar refractivity (Wildman–Crippen MR) is 128 cm³/mol. The molecule has 0 spiro atoms. The summed E-state index contributed by atoms with van der Waals surface area (Å²) < 4.78 is 22.5. The summed E-state index contributed by atoms with van der Waals surface area (Å²) in [4.78, 5) is 13.7. The number of hydrogen-bond donors (Lipinski definition) is 1. The van der Waals surface area contributed by atoms with E-state index in [0.29, 0.717) is 31.6 Å². The van der Waals surface area contributed by atoms with Gasteiger partial charge in [0.05, 0.1) is 38.0 Å². The Bertz CT molecular complexity index is 1170. The molecule has 0 aliphatic carbocycles. The van der Waals surface area contributed by atoms with Gasteiger partial charge in [0.2, 0.25) is 0 Å². The summed E-state index contributed by atoms with van der Waals surface area (Å²) in [6.07, 6.45) is 1.64. The molecule has 2 saturated heterocycles. The van der Waals surface area contributed by atoms with E-state index in [1.165, 1.54) is 0 Å². The summed E-state index contributed by atoms with van der Waals surface area (Å²) in [5, 5.41) is 6.31. The standard InChI is InChI=1S/C24H30N6O4/c1-18-2-3-21-19(16-18)20(4-10-33-21)27-28-22-17-23(30-8-13-32-14-9-30)26-24(25-22)34-15-7-29-5-11-31-12-6-29/h2-4,10,16-17H,5-9,11-15H2,1H3,(H,25,26,28)/b27-20-. The number of hydrogen-bond acceptors (Lipinski definition) is 10. The summed E-state index contributed by atoms with van der Waals surface area (Å²) in [7, 11) is 0. The van der Waals surface area contributed by atoms with Crippen LogP contribution in [0.25, 0.3) is 11.0 Å². The molecule has 1 aromatic carbocycles. The molecular weight excluding hydrogens is 436 g/mol. The van der Waals surface area contributed by atoms with Crippen molar-refractivity contribution in [3.05, 3.63) is 47.5 Å². The van der Waals surface area contributed by atoms with E-state index in [1.54, 1.807) is 6.26 Å². The van der Waals surface area contributed by atoms with E-state index in [-0.39, 0.29) is 0 Å².